The summed E-state index contributed by atoms with van der Waals surface area (Å²) < 4.78 is 79.3. The minimum absolute atomic E-state index is 0.0727. The quantitative estimate of drug-likeness (QED) is 0.605. The standard InChI is InChI=1S/C10H8BF6O/c1-2-18-11-8-4-6(9(12,13)14)3-7(5-8)10(15,16)17/h3-5H,2H2,1H3/q-1. The van der Waals surface area contributed by atoms with E-state index in [9.17, 15) is 26.3 Å². The van der Waals surface area contributed by atoms with Crippen LogP contribution in [-0.4, -0.2) is 14.1 Å². The lowest BCUT2D eigenvalue weighted by Crippen LogP contribution is -2.23. The van der Waals surface area contributed by atoms with Gasteiger partial charge in [-0.2, -0.15) is 26.3 Å². The molecule has 0 atom stereocenters. The number of hydrogen-bond acceptors (Lipinski definition) is 1. The molecular formula is C10H8BF6O-. The predicted molar refractivity (Wildman–Crippen MR) is 53.5 cm³/mol. The summed E-state index contributed by atoms with van der Waals surface area (Å²) in [6.45, 7) is 1.71. The first-order valence-electron chi connectivity index (χ1n) is 4.89. The van der Waals surface area contributed by atoms with E-state index in [0.717, 1.165) is 7.48 Å². The summed E-state index contributed by atoms with van der Waals surface area (Å²) in [5, 5.41) is 0. The van der Waals surface area contributed by atoms with Crippen LogP contribution in [0, 0.1) is 0 Å². The smallest absolute Gasteiger partial charge is 0.416 e. The van der Waals surface area contributed by atoms with Gasteiger partial charge in [-0.15, -0.1) is 7.48 Å². The van der Waals surface area contributed by atoms with Gasteiger partial charge in [-0.05, 0) is 19.6 Å². The first-order valence-corrected chi connectivity index (χ1v) is 4.89. The SMILES string of the molecule is CCO[B-]c1cc(C(F)(F)F)cc(C(F)(F)F)c1. The van der Waals surface area contributed by atoms with E-state index in [2.05, 4.69) is 0 Å². The van der Waals surface area contributed by atoms with E-state index in [0.29, 0.717) is 12.1 Å². The minimum Gasteiger partial charge on any atom is -0.656 e. The average molecular weight is 269 g/mol. The Bertz CT molecular complexity index is 380. The van der Waals surface area contributed by atoms with Crippen molar-refractivity contribution in [2.75, 3.05) is 6.61 Å². The first-order chi connectivity index (χ1) is 8.14. The molecule has 100 valence electrons. The third kappa shape index (κ3) is 3.94. The summed E-state index contributed by atoms with van der Waals surface area (Å²) in [4.78, 5) is 0. The van der Waals surface area contributed by atoms with Crippen molar-refractivity contribution in [3.8, 4) is 0 Å². The van der Waals surface area contributed by atoms with Gasteiger partial charge in [0.05, 0.1) is 11.1 Å². The monoisotopic (exact) mass is 269 g/mol. The fraction of sp³-hybridized carbons (Fsp3) is 0.400. The van der Waals surface area contributed by atoms with Gasteiger partial charge >= 0.3 is 12.4 Å². The van der Waals surface area contributed by atoms with Crippen LogP contribution in [0.5, 0.6) is 0 Å². The maximum absolute atomic E-state index is 12.4. The molecule has 0 unspecified atom stereocenters. The molecule has 8 heteroatoms. The second kappa shape index (κ2) is 5.21. The number of hydrogen-bond donors (Lipinski definition) is 0. The van der Waals surface area contributed by atoms with Crippen LogP contribution in [-0.2, 0) is 17.0 Å². The third-order valence-electron chi connectivity index (χ3n) is 2.00. The molecule has 0 heterocycles. The maximum atomic E-state index is 12.4. The Morgan fingerprint density at radius 1 is 0.944 bits per heavy atom. The molecule has 0 N–H and O–H groups in total. The summed E-state index contributed by atoms with van der Waals surface area (Å²) >= 11 is 0. The molecule has 0 bridgehead atoms. The Labute approximate surface area is 100 Å². The van der Waals surface area contributed by atoms with Crippen LogP contribution in [0.15, 0.2) is 18.2 Å². The second-order valence-electron chi connectivity index (χ2n) is 3.41. The molecule has 0 aliphatic rings. The molecule has 1 rings (SSSR count). The van der Waals surface area contributed by atoms with Crippen LogP contribution in [0.1, 0.15) is 18.1 Å². The number of alkyl halides is 6. The second-order valence-corrected chi connectivity index (χ2v) is 3.41. The van der Waals surface area contributed by atoms with E-state index in [4.69, 9.17) is 4.65 Å². The van der Waals surface area contributed by atoms with Crippen LogP contribution < -0.4 is 5.46 Å². The summed E-state index contributed by atoms with van der Waals surface area (Å²) in [5.41, 5.74) is -2.99. The predicted octanol–water partition coefficient (Wildman–Crippen LogP) is 3.01. The summed E-state index contributed by atoms with van der Waals surface area (Å²) in [5.74, 6) is 0. The van der Waals surface area contributed by atoms with Crippen LogP contribution >= 0.6 is 0 Å². The number of halogens is 6. The average Bonchev–Trinajstić information content (AvgIpc) is 2.23. The molecule has 0 aliphatic carbocycles. The zero-order valence-electron chi connectivity index (χ0n) is 9.19. The van der Waals surface area contributed by atoms with Gasteiger partial charge in [0.1, 0.15) is 0 Å². The third-order valence-corrected chi connectivity index (χ3v) is 2.00. The van der Waals surface area contributed by atoms with Crippen molar-refractivity contribution in [2.24, 2.45) is 0 Å². The Morgan fingerprint density at radius 3 is 1.72 bits per heavy atom. The van der Waals surface area contributed by atoms with Gasteiger partial charge in [0.2, 0.25) is 0 Å². The first kappa shape index (κ1) is 14.9. The van der Waals surface area contributed by atoms with E-state index in [1.807, 2.05) is 0 Å². The van der Waals surface area contributed by atoms with Crippen molar-refractivity contribution in [2.45, 2.75) is 19.3 Å². The fourth-order valence-electron chi connectivity index (χ4n) is 1.23. The molecule has 0 saturated carbocycles. The molecule has 1 aromatic carbocycles. The van der Waals surface area contributed by atoms with E-state index >= 15 is 0 Å². The van der Waals surface area contributed by atoms with Crippen molar-refractivity contribution < 1.29 is 31.0 Å². The largest absolute Gasteiger partial charge is 0.656 e. The highest BCUT2D eigenvalue weighted by Gasteiger charge is 2.35. The number of benzene rings is 1. The molecule has 0 aromatic heterocycles. The molecule has 0 spiro atoms. The van der Waals surface area contributed by atoms with Crippen molar-refractivity contribution >= 4 is 12.9 Å². The van der Waals surface area contributed by atoms with Crippen molar-refractivity contribution in [3.05, 3.63) is 29.3 Å². The molecule has 18 heavy (non-hydrogen) atoms. The lowest BCUT2D eigenvalue weighted by molar-refractivity contribution is -0.142. The summed E-state index contributed by atoms with van der Waals surface area (Å²) in [7, 11) is 0.866. The highest BCUT2D eigenvalue weighted by atomic mass is 19.4. The highest BCUT2D eigenvalue weighted by Crippen LogP contribution is 2.34. The molecule has 1 nitrogen and oxygen atoms in total. The zero-order chi connectivity index (χ0) is 14.0. The number of rotatable bonds is 3. The minimum atomic E-state index is -4.84. The van der Waals surface area contributed by atoms with E-state index in [-0.39, 0.29) is 18.1 Å². The molecule has 0 aliphatic heterocycles. The Hall–Kier alpha value is -1.18. The highest BCUT2D eigenvalue weighted by molar-refractivity contribution is 6.47. The van der Waals surface area contributed by atoms with Crippen LogP contribution in [0.4, 0.5) is 26.3 Å². The Morgan fingerprint density at radius 2 is 1.39 bits per heavy atom. The lowest BCUT2D eigenvalue weighted by atomic mass is 9.85. The molecule has 0 amide bonds. The van der Waals surface area contributed by atoms with Gasteiger partial charge in [0, 0.05) is 0 Å². The van der Waals surface area contributed by atoms with E-state index in [1.54, 1.807) is 6.92 Å². The van der Waals surface area contributed by atoms with E-state index in [1.165, 1.54) is 0 Å². The lowest BCUT2D eigenvalue weighted by Gasteiger charge is -2.21. The van der Waals surface area contributed by atoms with Crippen LogP contribution in [0.2, 0.25) is 0 Å². The summed E-state index contributed by atoms with van der Waals surface area (Å²) in [6, 6.07) is 1.28. The van der Waals surface area contributed by atoms with Crippen LogP contribution in [0.25, 0.3) is 0 Å². The van der Waals surface area contributed by atoms with Gasteiger partial charge in [-0.3, -0.25) is 0 Å². The molecule has 0 saturated heterocycles. The fourth-order valence-corrected chi connectivity index (χ4v) is 1.23. The maximum Gasteiger partial charge on any atom is 0.416 e. The van der Waals surface area contributed by atoms with Gasteiger partial charge in [0.25, 0.3) is 0 Å². The van der Waals surface area contributed by atoms with Crippen LogP contribution in [0.3, 0.4) is 0 Å². The Balaban J connectivity index is 3.21. The molecule has 2 radical (unpaired) electrons. The van der Waals surface area contributed by atoms with Gasteiger partial charge in [-0.25, -0.2) is 5.46 Å². The van der Waals surface area contributed by atoms with Gasteiger partial charge in [0.15, 0.2) is 0 Å². The Kier molecular flexibility index (Phi) is 4.31. The van der Waals surface area contributed by atoms with Crippen molar-refractivity contribution in [1.82, 2.24) is 0 Å². The van der Waals surface area contributed by atoms with Crippen molar-refractivity contribution in [1.29, 1.82) is 0 Å². The van der Waals surface area contributed by atoms with Crippen molar-refractivity contribution in [3.63, 3.8) is 0 Å². The molecular weight excluding hydrogens is 261 g/mol. The van der Waals surface area contributed by atoms with Gasteiger partial charge < -0.3 is 4.65 Å². The van der Waals surface area contributed by atoms with E-state index < -0.39 is 23.5 Å². The molecule has 0 fully saturated rings. The zero-order valence-corrected chi connectivity index (χ0v) is 9.19. The summed E-state index contributed by atoms with van der Waals surface area (Å²) in [6.07, 6.45) is -9.67. The topological polar surface area (TPSA) is 9.23 Å². The normalized spacial score (nSPS) is 12.8. The van der Waals surface area contributed by atoms with Gasteiger partial charge in [-0.1, -0.05) is 12.1 Å². The molecule has 1 aromatic rings.